The number of halogens is 3. The number of carbonyl (C=O) groups is 1. The van der Waals surface area contributed by atoms with Crippen LogP contribution in [0.3, 0.4) is 0 Å². The van der Waals surface area contributed by atoms with Crippen LogP contribution in [-0.2, 0) is 16.1 Å². The molecule has 1 aromatic rings. The zero-order valence-electron chi connectivity index (χ0n) is 15.0. The van der Waals surface area contributed by atoms with Crippen molar-refractivity contribution in [3.05, 3.63) is 35.9 Å². The second kappa shape index (κ2) is 7.44. The number of aliphatic hydroxyl groups excluding tert-OH is 1. The van der Waals surface area contributed by atoms with Crippen LogP contribution in [0.15, 0.2) is 30.3 Å². The van der Waals surface area contributed by atoms with E-state index in [0.29, 0.717) is 5.56 Å². The van der Waals surface area contributed by atoms with Crippen LogP contribution in [0.2, 0.25) is 0 Å². The van der Waals surface area contributed by atoms with Crippen LogP contribution in [0.4, 0.5) is 18.0 Å². The van der Waals surface area contributed by atoms with Crippen LogP contribution in [0.25, 0.3) is 0 Å². The van der Waals surface area contributed by atoms with Gasteiger partial charge in [0.2, 0.25) is 0 Å². The number of hydrogen-bond donors (Lipinski definition) is 1. The Balaban J connectivity index is 2.22. The van der Waals surface area contributed by atoms with Crippen molar-refractivity contribution in [2.24, 2.45) is 0 Å². The fourth-order valence-corrected chi connectivity index (χ4v) is 2.84. The van der Waals surface area contributed by atoms with Gasteiger partial charge in [0, 0.05) is 6.42 Å². The van der Waals surface area contributed by atoms with E-state index >= 15 is 0 Å². The zero-order valence-corrected chi connectivity index (χ0v) is 15.0. The molecule has 0 radical (unpaired) electrons. The van der Waals surface area contributed by atoms with E-state index in [1.807, 2.05) is 0 Å². The Bertz CT molecular complexity index is 615. The zero-order chi connectivity index (χ0) is 19.6. The largest absolute Gasteiger partial charge is 0.444 e. The Labute approximate surface area is 150 Å². The molecule has 1 heterocycles. The monoisotopic (exact) mass is 375 g/mol. The maximum atomic E-state index is 13.8. The minimum absolute atomic E-state index is 0.249. The average molecular weight is 375 g/mol. The van der Waals surface area contributed by atoms with Gasteiger partial charge in [-0.1, -0.05) is 30.3 Å². The maximum absolute atomic E-state index is 13.8. The topological polar surface area (TPSA) is 59.0 Å². The minimum atomic E-state index is -4.70. The third-order valence-corrected chi connectivity index (χ3v) is 4.15. The van der Waals surface area contributed by atoms with E-state index in [1.165, 1.54) is 0 Å². The highest BCUT2D eigenvalue weighted by Crippen LogP contribution is 2.44. The summed E-state index contributed by atoms with van der Waals surface area (Å²) in [6.07, 6.45) is -6.14. The number of amides is 1. The highest BCUT2D eigenvalue weighted by atomic mass is 19.4. The second-order valence-corrected chi connectivity index (χ2v) is 7.42. The summed E-state index contributed by atoms with van der Waals surface area (Å²) in [4.78, 5) is 13.2. The molecule has 0 spiro atoms. The number of ether oxygens (including phenoxy) is 2. The van der Waals surface area contributed by atoms with Gasteiger partial charge >= 0.3 is 12.3 Å². The molecule has 26 heavy (non-hydrogen) atoms. The number of nitrogens with zero attached hydrogens (tertiary/aromatic N) is 1. The molecule has 1 N–H and O–H groups in total. The van der Waals surface area contributed by atoms with E-state index in [4.69, 9.17) is 9.47 Å². The summed E-state index contributed by atoms with van der Waals surface area (Å²) in [6, 6.07) is 7.46. The van der Waals surface area contributed by atoms with E-state index in [1.54, 1.807) is 51.1 Å². The summed E-state index contributed by atoms with van der Waals surface area (Å²) in [5.74, 6) is 0. The van der Waals surface area contributed by atoms with Crippen LogP contribution in [0.5, 0.6) is 0 Å². The highest BCUT2D eigenvalue weighted by Gasteiger charge is 2.63. The average Bonchev–Trinajstić information content (AvgIpc) is 2.93. The summed E-state index contributed by atoms with van der Waals surface area (Å²) >= 11 is 0. The summed E-state index contributed by atoms with van der Waals surface area (Å²) < 4.78 is 51.9. The molecule has 1 aliphatic rings. The first-order valence-electron chi connectivity index (χ1n) is 8.32. The van der Waals surface area contributed by atoms with Gasteiger partial charge in [0.1, 0.15) is 5.60 Å². The van der Waals surface area contributed by atoms with Crippen LogP contribution in [0, 0.1) is 0 Å². The predicted molar refractivity (Wildman–Crippen MR) is 88.4 cm³/mol. The van der Waals surface area contributed by atoms with Crippen molar-refractivity contribution in [3.63, 3.8) is 0 Å². The van der Waals surface area contributed by atoms with Gasteiger partial charge < -0.3 is 14.6 Å². The molecule has 0 aromatic heterocycles. The number of likely N-dealkylation sites (tertiary alicyclic amines) is 1. The first-order chi connectivity index (χ1) is 12.0. The van der Waals surface area contributed by atoms with E-state index < -0.39 is 49.1 Å². The van der Waals surface area contributed by atoms with Gasteiger partial charge in [0.25, 0.3) is 0 Å². The van der Waals surface area contributed by atoms with Gasteiger partial charge in [-0.25, -0.2) is 4.79 Å². The summed E-state index contributed by atoms with van der Waals surface area (Å²) in [5.41, 5.74) is -2.81. The Morgan fingerprint density at radius 3 is 2.38 bits per heavy atom. The number of benzene rings is 1. The van der Waals surface area contributed by atoms with E-state index in [-0.39, 0.29) is 6.61 Å². The SMILES string of the molecule is CC(C)(C)OC(=O)N1CC(OCc2ccccc2)(C(F)(F)F)CC1CO. The lowest BCUT2D eigenvalue weighted by atomic mass is 9.99. The van der Waals surface area contributed by atoms with Gasteiger partial charge in [0.15, 0.2) is 5.60 Å². The van der Waals surface area contributed by atoms with E-state index in [0.717, 1.165) is 4.90 Å². The number of carbonyl (C=O) groups excluding carboxylic acids is 1. The van der Waals surface area contributed by atoms with Crippen molar-refractivity contribution in [1.82, 2.24) is 4.90 Å². The fraction of sp³-hybridized carbons (Fsp3) is 0.611. The third-order valence-electron chi connectivity index (χ3n) is 4.15. The molecule has 0 aliphatic carbocycles. The molecule has 0 bridgehead atoms. The Kier molecular flexibility index (Phi) is 5.87. The lowest BCUT2D eigenvalue weighted by Gasteiger charge is -2.32. The van der Waals surface area contributed by atoms with Gasteiger partial charge in [-0.2, -0.15) is 13.2 Å². The predicted octanol–water partition coefficient (Wildman–Crippen LogP) is 3.51. The van der Waals surface area contributed by atoms with Crippen molar-refractivity contribution >= 4 is 6.09 Å². The first kappa shape index (κ1) is 20.5. The Morgan fingerprint density at radius 2 is 1.88 bits per heavy atom. The molecule has 1 aliphatic heterocycles. The third kappa shape index (κ3) is 4.67. The van der Waals surface area contributed by atoms with Crippen LogP contribution in [-0.4, -0.2) is 52.7 Å². The summed E-state index contributed by atoms with van der Waals surface area (Å²) in [5, 5.41) is 9.49. The molecule has 2 rings (SSSR count). The standard InChI is InChI=1S/C18H24F3NO4/c1-16(2,3)26-15(24)22-12-17(18(19,20)21,9-14(22)10-23)25-11-13-7-5-4-6-8-13/h4-8,14,23H,9-12H2,1-3H3. The molecule has 1 saturated heterocycles. The summed E-state index contributed by atoms with van der Waals surface area (Å²) in [6.45, 7) is 3.30. The van der Waals surface area contributed by atoms with Gasteiger partial charge in [-0.3, -0.25) is 4.90 Å². The number of aliphatic hydroxyl groups is 1. The number of alkyl halides is 3. The van der Waals surface area contributed by atoms with Crippen molar-refractivity contribution in [3.8, 4) is 0 Å². The lowest BCUT2D eigenvalue weighted by molar-refractivity contribution is -0.276. The molecule has 146 valence electrons. The molecule has 2 unspecified atom stereocenters. The van der Waals surface area contributed by atoms with Crippen molar-refractivity contribution in [2.45, 2.75) is 57.2 Å². The minimum Gasteiger partial charge on any atom is -0.444 e. The molecule has 1 amide bonds. The van der Waals surface area contributed by atoms with E-state index in [9.17, 15) is 23.1 Å². The van der Waals surface area contributed by atoms with Crippen LogP contribution >= 0.6 is 0 Å². The molecular weight excluding hydrogens is 351 g/mol. The smallest absolute Gasteiger partial charge is 0.419 e. The molecular formula is C18H24F3NO4. The quantitative estimate of drug-likeness (QED) is 0.875. The molecule has 1 aromatic carbocycles. The van der Waals surface area contributed by atoms with Gasteiger partial charge in [-0.15, -0.1) is 0 Å². The maximum Gasteiger partial charge on any atom is 0.419 e. The molecule has 0 saturated carbocycles. The number of hydrogen-bond acceptors (Lipinski definition) is 4. The molecule has 5 nitrogen and oxygen atoms in total. The van der Waals surface area contributed by atoms with Gasteiger partial charge in [0.05, 0.1) is 25.8 Å². The second-order valence-electron chi connectivity index (χ2n) is 7.42. The Hall–Kier alpha value is -1.80. The van der Waals surface area contributed by atoms with Crippen LogP contribution in [0.1, 0.15) is 32.8 Å². The molecule has 2 atom stereocenters. The van der Waals surface area contributed by atoms with Crippen molar-refractivity contribution < 1.29 is 32.5 Å². The van der Waals surface area contributed by atoms with Crippen molar-refractivity contribution in [2.75, 3.05) is 13.2 Å². The summed E-state index contributed by atoms with van der Waals surface area (Å²) in [7, 11) is 0. The van der Waals surface area contributed by atoms with Gasteiger partial charge in [-0.05, 0) is 26.3 Å². The van der Waals surface area contributed by atoms with E-state index in [2.05, 4.69) is 0 Å². The molecule has 8 heteroatoms. The van der Waals surface area contributed by atoms with Crippen molar-refractivity contribution in [1.29, 1.82) is 0 Å². The first-order valence-corrected chi connectivity index (χ1v) is 8.32. The number of rotatable bonds is 4. The lowest BCUT2D eigenvalue weighted by Crippen LogP contribution is -2.50. The Morgan fingerprint density at radius 1 is 1.27 bits per heavy atom. The molecule has 1 fully saturated rings. The normalized spacial score (nSPS) is 24.0. The fourth-order valence-electron chi connectivity index (χ4n) is 2.84. The highest BCUT2D eigenvalue weighted by molar-refractivity contribution is 5.69. The van der Waals surface area contributed by atoms with Crippen LogP contribution < -0.4 is 0 Å².